The zero-order valence-corrected chi connectivity index (χ0v) is 22.3. The minimum atomic E-state index is -3.53. The predicted molar refractivity (Wildman–Crippen MR) is 125 cm³/mol. The molecule has 0 unspecified atom stereocenters. The van der Waals surface area contributed by atoms with Gasteiger partial charge in [-0.05, 0) is 30.0 Å². The van der Waals surface area contributed by atoms with Crippen LogP contribution >= 0.6 is 0 Å². The molecule has 1 aliphatic rings. The summed E-state index contributed by atoms with van der Waals surface area (Å²) in [6.45, 7) is 4.13. The highest BCUT2D eigenvalue weighted by molar-refractivity contribution is 7.91. The molecule has 3 rings (SSSR count). The first kappa shape index (κ1) is 26.3. The third-order valence-corrected chi connectivity index (χ3v) is 8.75. The van der Waals surface area contributed by atoms with E-state index in [4.69, 9.17) is 0 Å². The number of fused-ring (bicyclic) bond motifs is 1. The highest BCUT2D eigenvalue weighted by atomic mass is 127. The Labute approximate surface area is 205 Å². The molecule has 2 aromatic carbocycles. The standard InChI is InChI=1S/C25H36NO3S.HI/c1-6-8-16-25(7-2)18-30(28,29)22-15-14-20(26(3,4)5)17-21(22)23(24(25)27)19-12-10-9-11-13-19;/h9-15,17,23-24,27H,6-8,16,18H2,1-5H3;1H/q+1;/p-1/t23-,24-,25-;/m1./s1. The fourth-order valence-electron chi connectivity index (χ4n) is 4.80. The highest BCUT2D eigenvalue weighted by Gasteiger charge is 2.49. The van der Waals surface area contributed by atoms with Crippen molar-refractivity contribution in [2.75, 3.05) is 26.9 Å². The smallest absolute Gasteiger partial charge is 0.179 e. The zero-order valence-electron chi connectivity index (χ0n) is 19.3. The van der Waals surface area contributed by atoms with Gasteiger partial charge in [0.15, 0.2) is 9.84 Å². The van der Waals surface area contributed by atoms with E-state index in [-0.39, 0.29) is 35.6 Å². The summed E-state index contributed by atoms with van der Waals surface area (Å²) in [4.78, 5) is 0.374. The van der Waals surface area contributed by atoms with Crippen LogP contribution in [0.5, 0.6) is 0 Å². The molecule has 0 amide bonds. The second-order valence-electron chi connectivity index (χ2n) is 9.65. The molecular weight excluding hydrogens is 521 g/mol. The average Bonchev–Trinajstić information content (AvgIpc) is 2.77. The Balaban J connectivity index is 0.00000341. The molecule has 2 aromatic rings. The highest BCUT2D eigenvalue weighted by Crippen LogP contribution is 2.49. The van der Waals surface area contributed by atoms with Crippen LogP contribution in [0.25, 0.3) is 0 Å². The van der Waals surface area contributed by atoms with E-state index < -0.39 is 21.4 Å². The summed E-state index contributed by atoms with van der Waals surface area (Å²) in [5.74, 6) is -0.376. The SMILES string of the molecule is CCCC[C@]1(CC)CS(=O)(=O)c2ccc([N+](C)(C)C)cc2[C@@H](c2ccccc2)[C@H]1O.[I-]. The number of halogens is 1. The maximum atomic E-state index is 13.6. The van der Waals surface area contributed by atoms with E-state index >= 15 is 0 Å². The van der Waals surface area contributed by atoms with Gasteiger partial charge in [-0.1, -0.05) is 57.0 Å². The van der Waals surface area contributed by atoms with Gasteiger partial charge in [0.2, 0.25) is 0 Å². The Hall–Kier alpha value is -0.960. The number of hydrogen-bond donors (Lipinski definition) is 1. The monoisotopic (exact) mass is 557 g/mol. The summed E-state index contributed by atoms with van der Waals surface area (Å²) in [5, 5.41) is 11.8. The van der Waals surface area contributed by atoms with Crippen molar-refractivity contribution in [3.8, 4) is 0 Å². The number of hydrogen-bond acceptors (Lipinski definition) is 3. The van der Waals surface area contributed by atoms with Crippen LogP contribution in [-0.4, -0.2) is 46.5 Å². The fraction of sp³-hybridized carbons (Fsp3) is 0.520. The number of aliphatic hydroxyl groups is 1. The molecule has 0 bridgehead atoms. The Bertz CT molecular complexity index is 986. The van der Waals surface area contributed by atoms with Gasteiger partial charge >= 0.3 is 0 Å². The van der Waals surface area contributed by atoms with Crippen LogP contribution in [0.2, 0.25) is 0 Å². The van der Waals surface area contributed by atoms with E-state index in [1.807, 2.05) is 49.4 Å². The Kier molecular flexibility index (Phi) is 8.39. The van der Waals surface area contributed by atoms with Crippen LogP contribution in [0.15, 0.2) is 53.4 Å². The lowest BCUT2D eigenvalue weighted by molar-refractivity contribution is -0.0000130. The first-order valence-corrected chi connectivity index (χ1v) is 12.6. The molecule has 0 radical (unpaired) electrons. The van der Waals surface area contributed by atoms with Gasteiger partial charge in [-0.2, -0.15) is 0 Å². The molecule has 1 aliphatic heterocycles. The van der Waals surface area contributed by atoms with Crippen molar-refractivity contribution < 1.29 is 37.5 Å². The van der Waals surface area contributed by atoms with Crippen molar-refractivity contribution >= 4 is 15.5 Å². The number of unbranched alkanes of at least 4 members (excludes halogenated alkanes) is 1. The molecule has 172 valence electrons. The average molecular weight is 558 g/mol. The van der Waals surface area contributed by atoms with Gasteiger partial charge in [0.25, 0.3) is 0 Å². The summed E-state index contributed by atoms with van der Waals surface area (Å²) < 4.78 is 27.8. The van der Waals surface area contributed by atoms with E-state index in [0.29, 0.717) is 22.2 Å². The second kappa shape index (κ2) is 9.89. The van der Waals surface area contributed by atoms with E-state index in [9.17, 15) is 13.5 Å². The van der Waals surface area contributed by atoms with Crippen LogP contribution in [0.4, 0.5) is 5.69 Å². The number of nitrogens with zero attached hydrogens (tertiary/aromatic N) is 1. The van der Waals surface area contributed by atoms with Gasteiger partial charge < -0.3 is 29.1 Å². The lowest BCUT2D eigenvalue weighted by atomic mass is 9.69. The molecule has 3 atom stereocenters. The number of aliphatic hydroxyl groups excluding tert-OH is 1. The van der Waals surface area contributed by atoms with Gasteiger partial charge in [-0.15, -0.1) is 0 Å². The third-order valence-electron chi connectivity index (χ3n) is 6.75. The summed E-state index contributed by atoms with van der Waals surface area (Å²) in [6.07, 6.45) is 2.45. The van der Waals surface area contributed by atoms with E-state index in [1.165, 1.54) is 0 Å². The van der Waals surface area contributed by atoms with Crippen molar-refractivity contribution in [2.24, 2.45) is 5.41 Å². The Morgan fingerprint density at radius 1 is 1.06 bits per heavy atom. The van der Waals surface area contributed by atoms with Gasteiger partial charge in [0.05, 0.1) is 37.9 Å². The minimum Gasteiger partial charge on any atom is -1.00 e. The van der Waals surface area contributed by atoms with Crippen LogP contribution in [0.1, 0.15) is 56.6 Å². The normalized spacial score (nSPS) is 25.2. The first-order chi connectivity index (χ1) is 14.1. The van der Waals surface area contributed by atoms with E-state index in [1.54, 1.807) is 6.07 Å². The minimum absolute atomic E-state index is 0. The van der Waals surface area contributed by atoms with Crippen molar-refractivity contribution in [1.82, 2.24) is 4.48 Å². The molecule has 4 nitrogen and oxygen atoms in total. The van der Waals surface area contributed by atoms with E-state index in [0.717, 1.165) is 29.7 Å². The van der Waals surface area contributed by atoms with E-state index in [2.05, 4.69) is 28.1 Å². The zero-order chi connectivity index (χ0) is 22.2. The molecule has 0 fully saturated rings. The van der Waals surface area contributed by atoms with Gasteiger partial charge in [-0.3, -0.25) is 4.48 Å². The number of rotatable bonds is 6. The summed E-state index contributed by atoms with van der Waals surface area (Å²) >= 11 is 0. The molecule has 0 aliphatic carbocycles. The summed E-state index contributed by atoms with van der Waals surface area (Å²) in [5.41, 5.74) is 2.06. The van der Waals surface area contributed by atoms with Gasteiger partial charge in [0, 0.05) is 23.5 Å². The maximum Gasteiger partial charge on any atom is 0.179 e. The molecule has 0 aromatic heterocycles. The van der Waals surface area contributed by atoms with Crippen molar-refractivity contribution in [2.45, 2.75) is 56.4 Å². The van der Waals surface area contributed by atoms with Crippen molar-refractivity contribution in [3.63, 3.8) is 0 Å². The molecule has 0 spiro atoms. The van der Waals surface area contributed by atoms with Crippen LogP contribution in [0, 0.1) is 5.41 Å². The largest absolute Gasteiger partial charge is 1.00 e. The Morgan fingerprint density at radius 3 is 2.26 bits per heavy atom. The molecule has 0 saturated heterocycles. The van der Waals surface area contributed by atoms with Crippen molar-refractivity contribution in [1.29, 1.82) is 0 Å². The van der Waals surface area contributed by atoms with Gasteiger partial charge in [0.1, 0.15) is 5.69 Å². The summed E-state index contributed by atoms with van der Waals surface area (Å²) in [7, 11) is 2.67. The fourth-order valence-corrected chi connectivity index (χ4v) is 7.06. The second-order valence-corrected chi connectivity index (χ2v) is 11.6. The number of benzene rings is 2. The van der Waals surface area contributed by atoms with Crippen LogP contribution in [0.3, 0.4) is 0 Å². The summed E-state index contributed by atoms with van der Waals surface area (Å²) in [6, 6.07) is 15.6. The molecule has 1 heterocycles. The third kappa shape index (κ3) is 5.18. The first-order valence-electron chi connectivity index (χ1n) is 11.0. The molecule has 1 N–H and O–H groups in total. The maximum absolute atomic E-state index is 13.6. The van der Waals surface area contributed by atoms with Crippen LogP contribution < -0.4 is 28.5 Å². The topological polar surface area (TPSA) is 54.4 Å². The molecule has 0 saturated carbocycles. The number of sulfone groups is 1. The quantitative estimate of drug-likeness (QED) is 0.435. The molecule has 6 heteroatoms. The van der Waals surface area contributed by atoms with Crippen LogP contribution in [-0.2, 0) is 9.84 Å². The van der Waals surface area contributed by atoms with Gasteiger partial charge in [-0.25, -0.2) is 8.42 Å². The lowest BCUT2D eigenvalue weighted by Gasteiger charge is -2.39. The molecular formula is C25H36INO3S. The number of quaternary nitrogens is 1. The van der Waals surface area contributed by atoms with Crippen molar-refractivity contribution in [3.05, 3.63) is 59.7 Å². The Morgan fingerprint density at radius 2 is 1.71 bits per heavy atom. The predicted octanol–water partition coefficient (Wildman–Crippen LogP) is 1.75. The molecule has 31 heavy (non-hydrogen) atoms. The lowest BCUT2D eigenvalue weighted by Crippen LogP contribution is -3.00.